The normalized spacial score (nSPS) is 20.9. The number of nitrogens with one attached hydrogen (secondary N) is 1. The van der Waals surface area contributed by atoms with Crippen molar-refractivity contribution in [1.82, 2.24) is 10.2 Å². The topological polar surface area (TPSA) is 84.7 Å². The van der Waals surface area contributed by atoms with Crippen LogP contribution < -0.4 is 10.1 Å². The Bertz CT molecular complexity index is 523. The second kappa shape index (κ2) is 7.95. The SMILES string of the molecule is CC1NCCN(C(=O)COc2ccc([N+](=O)[O-])cc2)C1C.Cl. The molecule has 2 rings (SSSR count). The van der Waals surface area contributed by atoms with Crippen LogP contribution in [0.3, 0.4) is 0 Å². The number of non-ortho nitro benzene ring substituents is 1. The van der Waals surface area contributed by atoms with Crippen LogP contribution in [0.25, 0.3) is 0 Å². The molecule has 0 aliphatic carbocycles. The first-order valence-corrected chi connectivity index (χ1v) is 6.89. The van der Waals surface area contributed by atoms with Gasteiger partial charge in [0.05, 0.1) is 4.92 Å². The molecule has 122 valence electrons. The van der Waals surface area contributed by atoms with E-state index in [1.54, 1.807) is 4.90 Å². The Balaban J connectivity index is 0.00000242. The molecule has 1 heterocycles. The van der Waals surface area contributed by atoms with E-state index < -0.39 is 4.92 Å². The molecule has 0 bridgehead atoms. The van der Waals surface area contributed by atoms with Gasteiger partial charge in [-0.25, -0.2) is 0 Å². The molecule has 1 aliphatic rings. The third-order valence-corrected chi connectivity index (χ3v) is 3.76. The minimum Gasteiger partial charge on any atom is -0.484 e. The fourth-order valence-electron chi connectivity index (χ4n) is 2.30. The van der Waals surface area contributed by atoms with Gasteiger partial charge in [0.1, 0.15) is 5.75 Å². The van der Waals surface area contributed by atoms with Crippen LogP contribution in [-0.2, 0) is 4.79 Å². The maximum absolute atomic E-state index is 12.2. The smallest absolute Gasteiger partial charge is 0.269 e. The lowest BCUT2D eigenvalue weighted by Crippen LogP contribution is -2.58. The maximum atomic E-state index is 12.2. The molecule has 2 atom stereocenters. The van der Waals surface area contributed by atoms with Crippen LogP contribution >= 0.6 is 12.4 Å². The first-order valence-electron chi connectivity index (χ1n) is 6.89. The van der Waals surface area contributed by atoms with E-state index in [0.717, 1.165) is 6.54 Å². The summed E-state index contributed by atoms with van der Waals surface area (Å²) in [4.78, 5) is 24.0. The number of nitrogens with zero attached hydrogens (tertiary/aromatic N) is 2. The van der Waals surface area contributed by atoms with Crippen LogP contribution in [0.5, 0.6) is 5.75 Å². The summed E-state index contributed by atoms with van der Waals surface area (Å²) in [6.07, 6.45) is 0. The van der Waals surface area contributed by atoms with E-state index >= 15 is 0 Å². The number of hydrogen-bond donors (Lipinski definition) is 1. The van der Waals surface area contributed by atoms with Crippen LogP contribution in [0, 0.1) is 10.1 Å². The van der Waals surface area contributed by atoms with Gasteiger partial charge in [0.15, 0.2) is 6.61 Å². The zero-order valence-electron chi connectivity index (χ0n) is 12.5. The predicted molar refractivity (Wildman–Crippen MR) is 84.5 cm³/mol. The third kappa shape index (κ3) is 4.32. The second-order valence-electron chi connectivity index (χ2n) is 5.11. The third-order valence-electron chi connectivity index (χ3n) is 3.76. The number of ether oxygens (including phenoxy) is 1. The fourth-order valence-corrected chi connectivity index (χ4v) is 2.30. The van der Waals surface area contributed by atoms with Crippen molar-refractivity contribution in [3.05, 3.63) is 34.4 Å². The van der Waals surface area contributed by atoms with Crippen LogP contribution in [0.1, 0.15) is 13.8 Å². The molecule has 2 unspecified atom stereocenters. The van der Waals surface area contributed by atoms with E-state index in [2.05, 4.69) is 5.32 Å². The maximum Gasteiger partial charge on any atom is 0.269 e. The average Bonchev–Trinajstić information content (AvgIpc) is 2.48. The van der Waals surface area contributed by atoms with Gasteiger partial charge < -0.3 is 15.0 Å². The van der Waals surface area contributed by atoms with Gasteiger partial charge in [-0.1, -0.05) is 0 Å². The Morgan fingerprint density at radius 1 is 1.41 bits per heavy atom. The van der Waals surface area contributed by atoms with Crippen molar-refractivity contribution in [2.75, 3.05) is 19.7 Å². The summed E-state index contributed by atoms with van der Waals surface area (Å²) in [5, 5.41) is 13.9. The molecule has 0 aromatic heterocycles. The van der Waals surface area contributed by atoms with Gasteiger partial charge in [0.2, 0.25) is 0 Å². The van der Waals surface area contributed by atoms with Crippen LogP contribution in [0.15, 0.2) is 24.3 Å². The van der Waals surface area contributed by atoms with E-state index in [1.165, 1.54) is 24.3 Å². The standard InChI is InChI=1S/C14H19N3O4.ClH/c1-10-11(2)16(8-7-15-10)14(18)9-21-13-5-3-12(4-6-13)17(19)20;/h3-6,10-11,15H,7-9H2,1-2H3;1H. The predicted octanol–water partition coefficient (Wildman–Crippen LogP) is 1.60. The van der Waals surface area contributed by atoms with Crippen LogP contribution in [0.2, 0.25) is 0 Å². The monoisotopic (exact) mass is 329 g/mol. The zero-order valence-corrected chi connectivity index (χ0v) is 13.3. The minimum absolute atomic E-state index is 0. The Kier molecular flexibility index (Phi) is 6.58. The Labute approximate surface area is 135 Å². The largest absolute Gasteiger partial charge is 0.484 e. The Morgan fingerprint density at radius 2 is 2.05 bits per heavy atom. The Hall–Kier alpha value is -1.86. The molecule has 1 amide bonds. The summed E-state index contributed by atoms with van der Waals surface area (Å²) in [5.41, 5.74) is -0.00164. The molecule has 0 spiro atoms. The summed E-state index contributed by atoms with van der Waals surface area (Å²) < 4.78 is 5.41. The molecule has 1 saturated heterocycles. The summed E-state index contributed by atoms with van der Waals surface area (Å²) >= 11 is 0. The van der Waals surface area contributed by atoms with Crippen molar-refractivity contribution in [3.8, 4) is 5.75 Å². The zero-order chi connectivity index (χ0) is 15.4. The van der Waals surface area contributed by atoms with Gasteiger partial charge in [-0.15, -0.1) is 12.4 Å². The summed E-state index contributed by atoms with van der Waals surface area (Å²) in [6.45, 7) is 5.42. The second-order valence-corrected chi connectivity index (χ2v) is 5.11. The molecule has 0 saturated carbocycles. The van der Waals surface area contributed by atoms with Crippen molar-refractivity contribution in [3.63, 3.8) is 0 Å². The summed E-state index contributed by atoms with van der Waals surface area (Å²) in [5.74, 6) is 0.374. The number of nitro groups is 1. The van der Waals surface area contributed by atoms with Gasteiger partial charge >= 0.3 is 0 Å². The molecule has 1 aromatic carbocycles. The van der Waals surface area contributed by atoms with Gasteiger partial charge in [0.25, 0.3) is 11.6 Å². The molecule has 1 aromatic rings. The fraction of sp³-hybridized carbons (Fsp3) is 0.500. The van der Waals surface area contributed by atoms with Gasteiger partial charge in [-0.3, -0.25) is 14.9 Å². The summed E-state index contributed by atoms with van der Waals surface area (Å²) in [7, 11) is 0. The van der Waals surface area contributed by atoms with Gasteiger partial charge in [0, 0.05) is 37.3 Å². The van der Waals surface area contributed by atoms with Gasteiger partial charge in [-0.05, 0) is 26.0 Å². The van der Waals surface area contributed by atoms with E-state index in [0.29, 0.717) is 12.3 Å². The average molecular weight is 330 g/mol. The number of carbonyl (C=O) groups excluding carboxylic acids is 1. The number of nitro benzene ring substituents is 1. The highest BCUT2D eigenvalue weighted by atomic mass is 35.5. The molecule has 1 fully saturated rings. The van der Waals surface area contributed by atoms with Crippen molar-refractivity contribution >= 4 is 24.0 Å². The lowest BCUT2D eigenvalue weighted by molar-refractivity contribution is -0.384. The first kappa shape index (κ1) is 18.2. The number of carbonyl (C=O) groups is 1. The molecule has 22 heavy (non-hydrogen) atoms. The van der Waals surface area contributed by atoms with Crippen molar-refractivity contribution < 1.29 is 14.5 Å². The highest BCUT2D eigenvalue weighted by molar-refractivity contribution is 5.85. The molecule has 1 N–H and O–H groups in total. The van der Waals surface area contributed by atoms with E-state index in [1.807, 2.05) is 13.8 Å². The van der Waals surface area contributed by atoms with E-state index in [4.69, 9.17) is 4.74 Å². The molecular weight excluding hydrogens is 310 g/mol. The number of rotatable bonds is 4. The number of hydrogen-bond acceptors (Lipinski definition) is 5. The minimum atomic E-state index is -0.473. The van der Waals surface area contributed by atoms with Crippen molar-refractivity contribution in [1.29, 1.82) is 0 Å². The number of halogens is 1. The van der Waals surface area contributed by atoms with Crippen molar-refractivity contribution in [2.45, 2.75) is 25.9 Å². The Morgan fingerprint density at radius 3 is 2.64 bits per heavy atom. The van der Waals surface area contributed by atoms with E-state index in [-0.39, 0.29) is 42.7 Å². The molecule has 8 heteroatoms. The molecule has 7 nitrogen and oxygen atoms in total. The molecular formula is C14H20ClN3O4. The molecule has 1 aliphatic heterocycles. The van der Waals surface area contributed by atoms with Crippen molar-refractivity contribution in [2.24, 2.45) is 0 Å². The number of piperazine rings is 1. The van der Waals surface area contributed by atoms with E-state index in [9.17, 15) is 14.9 Å². The highest BCUT2D eigenvalue weighted by Crippen LogP contribution is 2.17. The first-order chi connectivity index (χ1) is 9.99. The number of amides is 1. The van der Waals surface area contributed by atoms with Crippen LogP contribution in [0.4, 0.5) is 5.69 Å². The quantitative estimate of drug-likeness (QED) is 0.670. The van der Waals surface area contributed by atoms with Crippen LogP contribution in [-0.4, -0.2) is 47.5 Å². The highest BCUT2D eigenvalue weighted by Gasteiger charge is 2.28. The summed E-state index contributed by atoms with van der Waals surface area (Å²) in [6, 6.07) is 6.07. The lowest BCUT2D eigenvalue weighted by atomic mass is 10.1. The number of benzene rings is 1. The van der Waals surface area contributed by atoms with Gasteiger partial charge in [-0.2, -0.15) is 0 Å². The lowest BCUT2D eigenvalue weighted by Gasteiger charge is -2.38. The molecule has 0 radical (unpaired) electrons.